The van der Waals surface area contributed by atoms with Gasteiger partial charge in [-0.2, -0.15) is 0 Å². The standard InChI is InChI=1S/C23H36N2O2/c1-3-20-16-19(18-7-5-4-6-8-18)13-14-25(20)23(26)22(24)15-17-9-11-21(27-2)12-10-17/h9-12,18-20,22H,3-8,13-16,24H2,1-2H3. The number of benzene rings is 1. The number of hydrogen-bond acceptors (Lipinski definition) is 3. The molecule has 3 rings (SSSR count). The van der Waals surface area contributed by atoms with Gasteiger partial charge < -0.3 is 15.4 Å². The third-order valence-corrected chi connectivity index (χ3v) is 6.76. The molecule has 4 heteroatoms. The van der Waals surface area contributed by atoms with Gasteiger partial charge in [-0.1, -0.05) is 51.2 Å². The van der Waals surface area contributed by atoms with Crippen molar-refractivity contribution in [2.45, 2.75) is 76.8 Å². The van der Waals surface area contributed by atoms with Gasteiger partial charge in [-0.25, -0.2) is 0 Å². The molecule has 0 spiro atoms. The molecular formula is C23H36N2O2. The highest BCUT2D eigenvalue weighted by atomic mass is 16.5. The molecule has 1 aromatic carbocycles. The van der Waals surface area contributed by atoms with Crippen LogP contribution in [0.2, 0.25) is 0 Å². The molecule has 1 aromatic rings. The van der Waals surface area contributed by atoms with Crippen LogP contribution in [0.4, 0.5) is 0 Å². The van der Waals surface area contributed by atoms with E-state index in [0.717, 1.165) is 42.5 Å². The van der Waals surface area contributed by atoms with Crippen LogP contribution in [0.3, 0.4) is 0 Å². The molecule has 1 aliphatic heterocycles. The molecule has 0 radical (unpaired) electrons. The lowest BCUT2D eigenvalue weighted by atomic mass is 9.73. The Morgan fingerprint density at radius 2 is 1.85 bits per heavy atom. The van der Waals surface area contributed by atoms with Crippen molar-refractivity contribution in [1.29, 1.82) is 0 Å². The molecule has 3 atom stereocenters. The Morgan fingerprint density at radius 3 is 2.48 bits per heavy atom. The van der Waals surface area contributed by atoms with Crippen LogP contribution in [0, 0.1) is 11.8 Å². The molecule has 1 amide bonds. The Labute approximate surface area is 164 Å². The van der Waals surface area contributed by atoms with Crippen molar-refractivity contribution in [1.82, 2.24) is 4.90 Å². The van der Waals surface area contributed by atoms with Gasteiger partial charge in [-0.15, -0.1) is 0 Å². The molecule has 2 aliphatic rings. The van der Waals surface area contributed by atoms with Crippen molar-refractivity contribution in [2.24, 2.45) is 17.6 Å². The molecule has 1 aliphatic carbocycles. The van der Waals surface area contributed by atoms with Gasteiger partial charge in [0.25, 0.3) is 0 Å². The number of methoxy groups -OCH3 is 1. The molecule has 3 unspecified atom stereocenters. The average Bonchev–Trinajstić information content (AvgIpc) is 2.73. The number of nitrogens with two attached hydrogens (primary N) is 1. The predicted molar refractivity (Wildman–Crippen MR) is 110 cm³/mol. The zero-order valence-electron chi connectivity index (χ0n) is 17.0. The Balaban J connectivity index is 1.57. The topological polar surface area (TPSA) is 55.6 Å². The van der Waals surface area contributed by atoms with Gasteiger partial charge in [-0.05, 0) is 55.2 Å². The smallest absolute Gasteiger partial charge is 0.240 e. The highest BCUT2D eigenvalue weighted by molar-refractivity contribution is 5.82. The summed E-state index contributed by atoms with van der Waals surface area (Å²) in [5, 5.41) is 0. The zero-order valence-corrected chi connectivity index (χ0v) is 17.0. The van der Waals surface area contributed by atoms with Crippen LogP contribution in [-0.2, 0) is 11.2 Å². The first-order chi connectivity index (χ1) is 13.1. The Hall–Kier alpha value is -1.55. The number of amides is 1. The van der Waals surface area contributed by atoms with Crippen LogP contribution in [0.1, 0.15) is 63.9 Å². The number of carbonyl (C=O) groups is 1. The van der Waals surface area contributed by atoms with Crippen LogP contribution in [-0.4, -0.2) is 36.5 Å². The monoisotopic (exact) mass is 372 g/mol. The van der Waals surface area contributed by atoms with Crippen molar-refractivity contribution >= 4 is 5.91 Å². The number of nitrogens with zero attached hydrogens (tertiary/aromatic N) is 1. The van der Waals surface area contributed by atoms with Gasteiger partial charge in [0.05, 0.1) is 13.2 Å². The molecular weight excluding hydrogens is 336 g/mol. The summed E-state index contributed by atoms with van der Waals surface area (Å²) in [5.41, 5.74) is 7.41. The van der Waals surface area contributed by atoms with E-state index in [9.17, 15) is 4.79 Å². The molecule has 0 aromatic heterocycles. The third kappa shape index (κ3) is 5.04. The number of piperidine rings is 1. The Bertz CT molecular complexity index is 595. The maximum atomic E-state index is 13.1. The van der Waals surface area contributed by atoms with Crippen LogP contribution in [0.15, 0.2) is 24.3 Å². The van der Waals surface area contributed by atoms with Crippen molar-refractivity contribution in [3.63, 3.8) is 0 Å². The Morgan fingerprint density at radius 1 is 1.15 bits per heavy atom. The molecule has 2 N–H and O–H groups in total. The van der Waals surface area contributed by atoms with E-state index >= 15 is 0 Å². The number of likely N-dealkylation sites (tertiary alicyclic amines) is 1. The van der Waals surface area contributed by atoms with Gasteiger partial charge in [-0.3, -0.25) is 4.79 Å². The summed E-state index contributed by atoms with van der Waals surface area (Å²) in [6.45, 7) is 3.10. The molecule has 4 nitrogen and oxygen atoms in total. The largest absolute Gasteiger partial charge is 0.497 e. The van der Waals surface area contributed by atoms with Crippen LogP contribution in [0.5, 0.6) is 5.75 Å². The van der Waals surface area contributed by atoms with E-state index in [1.807, 2.05) is 24.3 Å². The van der Waals surface area contributed by atoms with Crippen LogP contribution >= 0.6 is 0 Å². The maximum Gasteiger partial charge on any atom is 0.240 e. The molecule has 27 heavy (non-hydrogen) atoms. The van der Waals surface area contributed by atoms with Gasteiger partial charge in [0.1, 0.15) is 5.75 Å². The summed E-state index contributed by atoms with van der Waals surface area (Å²) in [7, 11) is 1.66. The summed E-state index contributed by atoms with van der Waals surface area (Å²) < 4.78 is 5.20. The number of ether oxygens (including phenoxy) is 1. The molecule has 150 valence electrons. The minimum Gasteiger partial charge on any atom is -0.497 e. The minimum atomic E-state index is -0.460. The van der Waals surface area contributed by atoms with E-state index in [2.05, 4.69) is 11.8 Å². The highest BCUT2D eigenvalue weighted by Gasteiger charge is 2.36. The first-order valence-corrected chi connectivity index (χ1v) is 10.8. The van der Waals surface area contributed by atoms with E-state index in [1.165, 1.54) is 38.5 Å². The van der Waals surface area contributed by atoms with E-state index in [0.29, 0.717) is 12.5 Å². The predicted octanol–water partition coefficient (Wildman–Crippen LogP) is 4.16. The van der Waals surface area contributed by atoms with Crippen molar-refractivity contribution < 1.29 is 9.53 Å². The summed E-state index contributed by atoms with van der Waals surface area (Å²) in [5.74, 6) is 2.64. The molecule has 1 saturated heterocycles. The summed E-state index contributed by atoms with van der Waals surface area (Å²) >= 11 is 0. The lowest BCUT2D eigenvalue weighted by Gasteiger charge is -2.43. The highest BCUT2D eigenvalue weighted by Crippen LogP contribution is 2.38. The summed E-state index contributed by atoms with van der Waals surface area (Å²) in [4.78, 5) is 15.1. The number of carbonyl (C=O) groups excluding carboxylic acids is 1. The van der Waals surface area contributed by atoms with Gasteiger partial charge in [0.15, 0.2) is 0 Å². The van der Waals surface area contributed by atoms with E-state index in [4.69, 9.17) is 10.5 Å². The molecule has 1 saturated carbocycles. The SMILES string of the molecule is CCC1CC(C2CCCCC2)CCN1C(=O)C(N)Cc1ccc(OC)cc1. The fourth-order valence-electron chi connectivity index (χ4n) is 5.11. The van der Waals surface area contributed by atoms with Crippen LogP contribution < -0.4 is 10.5 Å². The van der Waals surface area contributed by atoms with Gasteiger partial charge in [0, 0.05) is 12.6 Å². The Kier molecular flexibility index (Phi) is 7.17. The van der Waals surface area contributed by atoms with E-state index in [1.54, 1.807) is 7.11 Å². The number of rotatable bonds is 6. The second kappa shape index (κ2) is 9.59. The maximum absolute atomic E-state index is 13.1. The second-order valence-corrected chi connectivity index (χ2v) is 8.43. The molecule has 2 fully saturated rings. The fraction of sp³-hybridized carbons (Fsp3) is 0.696. The van der Waals surface area contributed by atoms with Crippen molar-refractivity contribution in [3.8, 4) is 5.75 Å². The lowest BCUT2D eigenvalue weighted by Crippen LogP contribution is -2.53. The van der Waals surface area contributed by atoms with E-state index in [-0.39, 0.29) is 5.91 Å². The zero-order chi connectivity index (χ0) is 19.2. The first kappa shape index (κ1) is 20.2. The average molecular weight is 373 g/mol. The van der Waals surface area contributed by atoms with Gasteiger partial charge >= 0.3 is 0 Å². The lowest BCUT2D eigenvalue weighted by molar-refractivity contribution is -0.137. The molecule has 0 bridgehead atoms. The minimum absolute atomic E-state index is 0.125. The first-order valence-electron chi connectivity index (χ1n) is 10.8. The second-order valence-electron chi connectivity index (χ2n) is 8.43. The summed E-state index contributed by atoms with van der Waals surface area (Å²) in [6.07, 6.45) is 10.9. The van der Waals surface area contributed by atoms with Gasteiger partial charge in [0.2, 0.25) is 5.91 Å². The van der Waals surface area contributed by atoms with E-state index < -0.39 is 6.04 Å². The normalized spacial score (nSPS) is 25.2. The van der Waals surface area contributed by atoms with Crippen molar-refractivity contribution in [2.75, 3.05) is 13.7 Å². The summed E-state index contributed by atoms with van der Waals surface area (Å²) in [6, 6.07) is 7.75. The molecule has 1 heterocycles. The van der Waals surface area contributed by atoms with Crippen molar-refractivity contribution in [3.05, 3.63) is 29.8 Å². The van der Waals surface area contributed by atoms with Crippen LogP contribution in [0.25, 0.3) is 0 Å². The third-order valence-electron chi connectivity index (χ3n) is 6.76. The fourth-order valence-corrected chi connectivity index (χ4v) is 5.11. The number of hydrogen-bond donors (Lipinski definition) is 1. The quantitative estimate of drug-likeness (QED) is 0.816.